The molecule has 14 heteroatoms. The Morgan fingerprint density at radius 3 is 1.58 bits per heavy atom. The molecule has 4 atom stereocenters. The Balaban J connectivity index is 0.938. The summed E-state index contributed by atoms with van der Waals surface area (Å²) in [6.45, 7) is 0.748. The van der Waals surface area contributed by atoms with Gasteiger partial charge in [0.15, 0.2) is 18.0 Å². The molecule has 2 saturated heterocycles. The minimum Gasteiger partial charge on any atom is -0.436 e. The van der Waals surface area contributed by atoms with E-state index >= 15 is 0 Å². The molecule has 14 nitrogen and oxygen atoms in total. The standard InChI is InChI=1S/C39H37N7O7/c47-33(26-5-1-17-40-21-26)38(51)45-19-3-7-30(45)35(49)43-28-13-9-24(10-14-28)32-23-42-37(53-32)25-11-15-29(16-12-25)44-36(50)31-8-4-20-46(31)39(52)34(48)27-6-2-18-41-22-27/h1-2,5-6,9-18,21-23,30-31,33-34,47-48H,3-4,7-8,19-20H2,(H,43,49)(H,44,50)/t30?,31-,33?,34-/m0/s1. The Morgan fingerprint density at radius 1 is 0.660 bits per heavy atom. The maximum Gasteiger partial charge on any atom is 0.256 e. The molecule has 0 bridgehead atoms. The maximum atomic E-state index is 13.2. The SMILES string of the molecule is O=C(Nc1ccc(-c2cnc(-c3ccc(NC(=O)[C@@H]4CCCN4C(=O)[C@@H](O)c4cccnc4)cc3)o2)cc1)C1CCCN1C(=O)C(O)c1cccnc1. The summed E-state index contributed by atoms with van der Waals surface area (Å²) in [5.74, 6) is -0.868. The Bertz CT molecular complexity index is 1930. The van der Waals surface area contributed by atoms with Crippen LogP contribution in [0.2, 0.25) is 0 Å². The average molecular weight is 716 g/mol. The molecule has 3 aromatic heterocycles. The molecule has 5 heterocycles. The number of benzene rings is 2. The first kappa shape index (κ1) is 35.2. The molecule has 0 aliphatic carbocycles. The highest BCUT2D eigenvalue weighted by Gasteiger charge is 2.38. The van der Waals surface area contributed by atoms with Gasteiger partial charge in [0.1, 0.15) is 12.1 Å². The van der Waals surface area contributed by atoms with Crippen molar-refractivity contribution in [1.29, 1.82) is 0 Å². The van der Waals surface area contributed by atoms with Crippen molar-refractivity contribution < 1.29 is 33.8 Å². The zero-order valence-electron chi connectivity index (χ0n) is 28.5. The molecular formula is C39H37N7O7. The molecule has 53 heavy (non-hydrogen) atoms. The molecule has 4 N–H and O–H groups in total. The van der Waals surface area contributed by atoms with Crippen molar-refractivity contribution in [2.24, 2.45) is 0 Å². The first-order valence-corrected chi connectivity index (χ1v) is 17.3. The largest absolute Gasteiger partial charge is 0.436 e. The lowest BCUT2D eigenvalue weighted by molar-refractivity contribution is -0.144. The summed E-state index contributed by atoms with van der Waals surface area (Å²) in [7, 11) is 0. The van der Waals surface area contributed by atoms with E-state index in [1.165, 1.54) is 22.2 Å². The van der Waals surface area contributed by atoms with E-state index in [2.05, 4.69) is 25.6 Å². The third-order valence-corrected chi connectivity index (χ3v) is 9.49. The highest BCUT2D eigenvalue weighted by atomic mass is 16.4. The molecule has 270 valence electrons. The van der Waals surface area contributed by atoms with Crippen LogP contribution in [0.1, 0.15) is 49.0 Å². The van der Waals surface area contributed by atoms with Crippen LogP contribution in [0.5, 0.6) is 0 Å². The van der Waals surface area contributed by atoms with Gasteiger partial charge in [-0.15, -0.1) is 0 Å². The van der Waals surface area contributed by atoms with Crippen LogP contribution in [0.25, 0.3) is 22.8 Å². The summed E-state index contributed by atoms with van der Waals surface area (Å²) in [6, 6.07) is 19.1. The Labute approximate surface area is 304 Å². The van der Waals surface area contributed by atoms with E-state index in [0.29, 0.717) is 78.5 Å². The molecule has 7 rings (SSSR count). The second kappa shape index (κ2) is 15.6. The van der Waals surface area contributed by atoms with E-state index < -0.39 is 36.1 Å². The van der Waals surface area contributed by atoms with E-state index in [4.69, 9.17) is 4.42 Å². The number of likely N-dealkylation sites (tertiary alicyclic amines) is 2. The van der Waals surface area contributed by atoms with Crippen molar-refractivity contribution in [3.05, 3.63) is 115 Å². The number of carbonyl (C=O) groups excluding carboxylic acids is 4. The predicted octanol–water partition coefficient (Wildman–Crippen LogP) is 4.12. The number of carbonyl (C=O) groups is 4. The van der Waals surface area contributed by atoms with E-state index in [-0.39, 0.29) is 11.8 Å². The van der Waals surface area contributed by atoms with Gasteiger partial charge in [-0.05, 0) is 86.3 Å². The van der Waals surface area contributed by atoms with Gasteiger partial charge in [-0.3, -0.25) is 29.1 Å². The van der Waals surface area contributed by atoms with Gasteiger partial charge >= 0.3 is 0 Å². The average Bonchev–Trinajstić information content (AvgIpc) is 4.00. The van der Waals surface area contributed by atoms with Crippen molar-refractivity contribution in [3.8, 4) is 22.8 Å². The fraction of sp³-hybridized carbons (Fsp3) is 0.256. The normalized spacial score (nSPS) is 18.0. The molecule has 0 radical (unpaired) electrons. The topological polar surface area (TPSA) is 191 Å². The lowest BCUT2D eigenvalue weighted by atomic mass is 10.1. The van der Waals surface area contributed by atoms with Crippen molar-refractivity contribution in [2.75, 3.05) is 23.7 Å². The monoisotopic (exact) mass is 715 g/mol. The molecule has 5 aromatic rings. The molecule has 0 saturated carbocycles. The molecule has 4 amide bonds. The number of hydrogen-bond donors (Lipinski definition) is 4. The van der Waals surface area contributed by atoms with Gasteiger partial charge in [0, 0.05) is 71.5 Å². The number of hydrogen-bond acceptors (Lipinski definition) is 10. The maximum absolute atomic E-state index is 13.2. The van der Waals surface area contributed by atoms with Gasteiger partial charge in [-0.25, -0.2) is 4.98 Å². The first-order chi connectivity index (χ1) is 25.8. The van der Waals surface area contributed by atoms with Crippen LogP contribution in [-0.4, -0.2) is 83.8 Å². The third-order valence-electron chi connectivity index (χ3n) is 9.49. The predicted molar refractivity (Wildman–Crippen MR) is 192 cm³/mol. The lowest BCUT2D eigenvalue weighted by Crippen LogP contribution is -2.45. The lowest BCUT2D eigenvalue weighted by Gasteiger charge is -2.26. The molecule has 2 aliphatic heterocycles. The fourth-order valence-corrected chi connectivity index (χ4v) is 6.69. The number of oxazole rings is 1. The number of nitrogens with one attached hydrogen (secondary N) is 2. The summed E-state index contributed by atoms with van der Waals surface area (Å²) in [4.78, 5) is 67.6. The number of amides is 4. The molecule has 2 aliphatic rings. The van der Waals surface area contributed by atoms with Crippen LogP contribution < -0.4 is 10.6 Å². The van der Waals surface area contributed by atoms with Gasteiger partial charge < -0.3 is 35.1 Å². The van der Waals surface area contributed by atoms with Crippen molar-refractivity contribution in [2.45, 2.75) is 50.0 Å². The summed E-state index contributed by atoms with van der Waals surface area (Å²) < 4.78 is 6.03. The van der Waals surface area contributed by atoms with Crippen LogP contribution >= 0.6 is 0 Å². The Morgan fingerprint density at radius 2 is 1.13 bits per heavy atom. The highest BCUT2D eigenvalue weighted by molar-refractivity contribution is 5.99. The molecule has 2 unspecified atom stereocenters. The number of aliphatic hydroxyl groups excluding tert-OH is 2. The number of aromatic nitrogens is 3. The van der Waals surface area contributed by atoms with Crippen LogP contribution in [0.15, 0.2) is 108 Å². The summed E-state index contributed by atoms with van der Waals surface area (Å²) in [5, 5.41) is 26.9. The number of anilines is 2. The van der Waals surface area contributed by atoms with E-state index in [1.807, 2.05) is 0 Å². The zero-order valence-corrected chi connectivity index (χ0v) is 28.5. The summed E-state index contributed by atoms with van der Waals surface area (Å²) >= 11 is 0. The second-order valence-corrected chi connectivity index (χ2v) is 12.9. The minimum absolute atomic E-state index is 0.336. The molecule has 2 fully saturated rings. The number of aliphatic hydroxyl groups is 2. The second-order valence-electron chi connectivity index (χ2n) is 12.9. The van der Waals surface area contributed by atoms with Gasteiger partial charge in [0.05, 0.1) is 6.20 Å². The number of pyridine rings is 2. The molecule has 0 spiro atoms. The highest BCUT2D eigenvalue weighted by Crippen LogP contribution is 2.30. The number of rotatable bonds is 10. The third kappa shape index (κ3) is 7.68. The van der Waals surface area contributed by atoms with Gasteiger partial charge in [0.2, 0.25) is 17.7 Å². The van der Waals surface area contributed by atoms with E-state index in [0.717, 1.165) is 5.56 Å². The smallest absolute Gasteiger partial charge is 0.256 e. The van der Waals surface area contributed by atoms with E-state index in [9.17, 15) is 29.4 Å². The van der Waals surface area contributed by atoms with Crippen LogP contribution in [0, 0.1) is 0 Å². The quantitative estimate of drug-likeness (QED) is 0.164. The fourth-order valence-electron chi connectivity index (χ4n) is 6.69. The number of nitrogens with zero attached hydrogens (tertiary/aromatic N) is 5. The van der Waals surface area contributed by atoms with Crippen molar-refractivity contribution in [3.63, 3.8) is 0 Å². The molecular weight excluding hydrogens is 678 g/mol. The van der Waals surface area contributed by atoms with Crippen LogP contribution in [-0.2, 0) is 19.2 Å². The summed E-state index contributed by atoms with van der Waals surface area (Å²) in [6.07, 6.45) is 7.05. The van der Waals surface area contributed by atoms with Crippen LogP contribution in [0.3, 0.4) is 0 Å². The van der Waals surface area contributed by atoms with Gasteiger partial charge in [-0.2, -0.15) is 0 Å². The van der Waals surface area contributed by atoms with Crippen LogP contribution in [0.4, 0.5) is 11.4 Å². The van der Waals surface area contributed by atoms with Crippen molar-refractivity contribution in [1.82, 2.24) is 24.8 Å². The van der Waals surface area contributed by atoms with Gasteiger partial charge in [0.25, 0.3) is 11.8 Å². The minimum atomic E-state index is -1.40. The van der Waals surface area contributed by atoms with Gasteiger partial charge in [-0.1, -0.05) is 12.1 Å². The Hall–Kier alpha value is -6.25. The Kier molecular flexibility index (Phi) is 10.3. The van der Waals surface area contributed by atoms with E-state index in [1.54, 1.807) is 91.4 Å². The van der Waals surface area contributed by atoms with Crippen molar-refractivity contribution >= 4 is 35.0 Å². The summed E-state index contributed by atoms with van der Waals surface area (Å²) in [5.41, 5.74) is 3.23. The molecule has 2 aromatic carbocycles. The zero-order chi connectivity index (χ0) is 36.9. The first-order valence-electron chi connectivity index (χ1n) is 17.3.